The van der Waals surface area contributed by atoms with E-state index in [1.807, 2.05) is 26.8 Å². The van der Waals surface area contributed by atoms with E-state index in [9.17, 15) is 0 Å². The zero-order valence-electron chi connectivity index (χ0n) is 15.4. The van der Waals surface area contributed by atoms with Crippen LogP contribution >= 0.6 is 11.6 Å². The molecule has 0 spiro atoms. The number of halogens is 1. The van der Waals surface area contributed by atoms with Crippen molar-refractivity contribution < 1.29 is 9.47 Å². The van der Waals surface area contributed by atoms with E-state index in [-0.39, 0.29) is 0 Å². The van der Waals surface area contributed by atoms with E-state index in [2.05, 4.69) is 34.3 Å². The van der Waals surface area contributed by atoms with Crippen LogP contribution in [0.2, 0.25) is 5.02 Å². The number of hydrogen-bond acceptors (Lipinski definition) is 5. The number of benzene rings is 1. The molecule has 0 bridgehead atoms. The SMILES string of the molecule is CCOCCc1ccc(OCCNc2nc(C)nc(C)c2Cl)c(C)c1. The van der Waals surface area contributed by atoms with Crippen LogP contribution in [0, 0.1) is 20.8 Å². The molecule has 0 amide bonds. The van der Waals surface area contributed by atoms with Crippen molar-refractivity contribution in [1.82, 2.24) is 9.97 Å². The number of rotatable bonds is 9. The van der Waals surface area contributed by atoms with Crippen LogP contribution in [-0.2, 0) is 11.2 Å². The van der Waals surface area contributed by atoms with Gasteiger partial charge in [0.05, 0.1) is 18.8 Å². The summed E-state index contributed by atoms with van der Waals surface area (Å²) in [5, 5.41) is 3.76. The first-order chi connectivity index (χ1) is 12.0. The monoisotopic (exact) mass is 363 g/mol. The van der Waals surface area contributed by atoms with Crippen molar-refractivity contribution >= 4 is 17.4 Å². The van der Waals surface area contributed by atoms with Gasteiger partial charge < -0.3 is 14.8 Å². The minimum absolute atomic E-state index is 0.525. The van der Waals surface area contributed by atoms with Crippen molar-refractivity contribution in [1.29, 1.82) is 0 Å². The third-order valence-electron chi connectivity index (χ3n) is 3.76. The molecule has 1 aromatic carbocycles. The van der Waals surface area contributed by atoms with Crippen molar-refractivity contribution in [3.05, 3.63) is 45.9 Å². The van der Waals surface area contributed by atoms with Crippen molar-refractivity contribution in [2.75, 3.05) is 31.7 Å². The Kier molecular flexibility index (Phi) is 7.47. The topological polar surface area (TPSA) is 56.3 Å². The summed E-state index contributed by atoms with van der Waals surface area (Å²) in [5.41, 5.74) is 3.16. The summed E-state index contributed by atoms with van der Waals surface area (Å²) in [5.74, 6) is 2.24. The van der Waals surface area contributed by atoms with Crippen LogP contribution in [0.5, 0.6) is 5.75 Å². The lowest BCUT2D eigenvalue weighted by molar-refractivity contribution is 0.151. The summed E-state index contributed by atoms with van der Waals surface area (Å²) < 4.78 is 11.3. The first-order valence-corrected chi connectivity index (χ1v) is 8.93. The zero-order chi connectivity index (χ0) is 18.2. The summed E-state index contributed by atoms with van der Waals surface area (Å²) >= 11 is 6.22. The van der Waals surface area contributed by atoms with Gasteiger partial charge in [0.2, 0.25) is 0 Å². The van der Waals surface area contributed by atoms with Crippen molar-refractivity contribution in [3.63, 3.8) is 0 Å². The number of aryl methyl sites for hydroxylation is 3. The Balaban J connectivity index is 1.84. The number of aromatic nitrogens is 2. The van der Waals surface area contributed by atoms with E-state index < -0.39 is 0 Å². The second-order valence-corrected chi connectivity index (χ2v) is 6.22. The Hall–Kier alpha value is -1.85. The molecule has 0 unspecified atom stereocenters. The van der Waals surface area contributed by atoms with Gasteiger partial charge in [0, 0.05) is 6.61 Å². The molecule has 25 heavy (non-hydrogen) atoms. The van der Waals surface area contributed by atoms with Gasteiger partial charge >= 0.3 is 0 Å². The van der Waals surface area contributed by atoms with Crippen LogP contribution < -0.4 is 10.1 Å². The third kappa shape index (κ3) is 5.87. The van der Waals surface area contributed by atoms with Gasteiger partial charge in [-0.1, -0.05) is 23.7 Å². The Morgan fingerprint density at radius 2 is 1.92 bits per heavy atom. The van der Waals surface area contributed by atoms with Crippen LogP contribution in [0.15, 0.2) is 18.2 Å². The average molecular weight is 364 g/mol. The van der Waals surface area contributed by atoms with Gasteiger partial charge in [0.1, 0.15) is 29.0 Å². The third-order valence-corrected chi connectivity index (χ3v) is 4.21. The molecule has 1 heterocycles. The summed E-state index contributed by atoms with van der Waals surface area (Å²) in [6.45, 7) is 10.4. The molecule has 0 saturated heterocycles. The van der Waals surface area contributed by atoms with Gasteiger partial charge in [-0.15, -0.1) is 0 Å². The minimum Gasteiger partial charge on any atom is -0.491 e. The predicted octanol–water partition coefficient (Wildman–Crippen LogP) is 4.13. The summed E-state index contributed by atoms with van der Waals surface area (Å²) in [7, 11) is 0. The standard InChI is InChI=1S/C19H26ClN3O2/c1-5-24-10-8-16-6-7-17(13(2)12-16)25-11-9-21-19-18(20)14(3)22-15(4)23-19/h6-7,12H,5,8-11H2,1-4H3,(H,21,22,23). The molecule has 0 atom stereocenters. The fourth-order valence-electron chi connectivity index (χ4n) is 2.51. The van der Waals surface area contributed by atoms with E-state index in [1.54, 1.807) is 0 Å². The van der Waals surface area contributed by atoms with Crippen LogP contribution in [0.1, 0.15) is 29.6 Å². The van der Waals surface area contributed by atoms with E-state index >= 15 is 0 Å². The van der Waals surface area contributed by atoms with E-state index in [0.29, 0.717) is 29.8 Å². The number of nitrogens with one attached hydrogen (secondary N) is 1. The van der Waals surface area contributed by atoms with E-state index in [0.717, 1.165) is 36.6 Å². The lowest BCUT2D eigenvalue weighted by Gasteiger charge is -2.13. The quantitative estimate of drug-likeness (QED) is 0.679. The average Bonchev–Trinajstić information content (AvgIpc) is 2.57. The Morgan fingerprint density at radius 1 is 1.12 bits per heavy atom. The van der Waals surface area contributed by atoms with Gasteiger partial charge in [0.15, 0.2) is 0 Å². The minimum atomic E-state index is 0.525. The molecular formula is C19H26ClN3O2. The molecule has 2 rings (SSSR count). The Bertz CT molecular complexity index is 707. The lowest BCUT2D eigenvalue weighted by Crippen LogP contribution is -2.14. The molecule has 0 fully saturated rings. The van der Waals surface area contributed by atoms with Crippen molar-refractivity contribution in [2.45, 2.75) is 34.1 Å². The van der Waals surface area contributed by atoms with Crippen LogP contribution in [-0.4, -0.2) is 36.3 Å². The fourth-order valence-corrected chi connectivity index (χ4v) is 2.66. The summed E-state index contributed by atoms with van der Waals surface area (Å²) in [6.07, 6.45) is 0.918. The maximum atomic E-state index is 6.22. The smallest absolute Gasteiger partial charge is 0.148 e. The number of anilines is 1. The highest BCUT2D eigenvalue weighted by atomic mass is 35.5. The molecule has 0 radical (unpaired) electrons. The summed E-state index contributed by atoms with van der Waals surface area (Å²) in [6, 6.07) is 6.25. The van der Waals surface area contributed by atoms with Gasteiger partial charge in [-0.05, 0) is 51.3 Å². The number of ether oxygens (including phenoxy) is 2. The normalized spacial score (nSPS) is 10.8. The first-order valence-electron chi connectivity index (χ1n) is 8.56. The molecule has 1 aromatic heterocycles. The van der Waals surface area contributed by atoms with Crippen molar-refractivity contribution in [3.8, 4) is 5.75 Å². The molecule has 6 heteroatoms. The molecule has 0 aliphatic heterocycles. The van der Waals surface area contributed by atoms with Crippen LogP contribution in [0.25, 0.3) is 0 Å². The molecule has 5 nitrogen and oxygen atoms in total. The predicted molar refractivity (Wildman–Crippen MR) is 102 cm³/mol. The van der Waals surface area contributed by atoms with Gasteiger partial charge in [-0.2, -0.15) is 0 Å². The van der Waals surface area contributed by atoms with Crippen LogP contribution in [0.3, 0.4) is 0 Å². The second kappa shape index (κ2) is 9.59. The highest BCUT2D eigenvalue weighted by molar-refractivity contribution is 6.33. The largest absolute Gasteiger partial charge is 0.491 e. The van der Waals surface area contributed by atoms with Gasteiger partial charge in [0.25, 0.3) is 0 Å². The molecule has 0 saturated carbocycles. The second-order valence-electron chi connectivity index (χ2n) is 5.84. The molecule has 2 aromatic rings. The van der Waals surface area contributed by atoms with Crippen molar-refractivity contribution in [2.24, 2.45) is 0 Å². The zero-order valence-corrected chi connectivity index (χ0v) is 16.1. The fraction of sp³-hybridized carbons (Fsp3) is 0.474. The van der Waals surface area contributed by atoms with E-state index in [1.165, 1.54) is 5.56 Å². The summed E-state index contributed by atoms with van der Waals surface area (Å²) in [4.78, 5) is 8.55. The molecule has 1 N–H and O–H groups in total. The lowest BCUT2D eigenvalue weighted by atomic mass is 10.1. The molecule has 136 valence electrons. The number of nitrogens with zero attached hydrogens (tertiary/aromatic N) is 2. The van der Waals surface area contributed by atoms with E-state index in [4.69, 9.17) is 21.1 Å². The maximum absolute atomic E-state index is 6.22. The van der Waals surface area contributed by atoms with Gasteiger partial charge in [-0.3, -0.25) is 0 Å². The molecular weight excluding hydrogens is 338 g/mol. The van der Waals surface area contributed by atoms with Gasteiger partial charge in [-0.25, -0.2) is 9.97 Å². The maximum Gasteiger partial charge on any atom is 0.148 e. The molecule has 0 aliphatic rings. The van der Waals surface area contributed by atoms with Crippen LogP contribution in [0.4, 0.5) is 5.82 Å². The Labute approximate surface area is 154 Å². The highest BCUT2D eigenvalue weighted by Gasteiger charge is 2.07. The Morgan fingerprint density at radius 3 is 2.64 bits per heavy atom. The highest BCUT2D eigenvalue weighted by Crippen LogP contribution is 2.22. The molecule has 0 aliphatic carbocycles. The first kappa shape index (κ1) is 19.5. The number of hydrogen-bond donors (Lipinski definition) is 1.